The number of alkyl halides is 3. The van der Waals surface area contributed by atoms with Gasteiger partial charge in [0.25, 0.3) is 0 Å². The van der Waals surface area contributed by atoms with Crippen molar-refractivity contribution < 1.29 is 13.2 Å². The predicted molar refractivity (Wildman–Crippen MR) is 69.0 cm³/mol. The van der Waals surface area contributed by atoms with E-state index in [9.17, 15) is 13.2 Å². The quantitative estimate of drug-likeness (QED) is 0.534. The second-order valence-corrected chi connectivity index (χ2v) is 4.52. The van der Waals surface area contributed by atoms with E-state index in [4.69, 9.17) is 0 Å². The van der Waals surface area contributed by atoms with Crippen LogP contribution in [0.1, 0.15) is 11.3 Å². The first-order valence-corrected chi connectivity index (χ1v) is 5.83. The average molecular weight is 261 g/mol. The normalized spacial score (nSPS) is 12.2. The smallest absolute Gasteiger partial charge is 0.243 e. The lowest BCUT2D eigenvalue weighted by molar-refractivity contribution is -0.139. The summed E-state index contributed by atoms with van der Waals surface area (Å²) < 4.78 is 39.3. The van der Waals surface area contributed by atoms with Crippen LogP contribution in [-0.2, 0) is 6.18 Å². The highest BCUT2D eigenvalue weighted by atomic mass is 19.4. The molecule has 3 aromatic rings. The first-order valence-electron chi connectivity index (χ1n) is 5.83. The largest absolute Gasteiger partial charge is 0.433 e. The first kappa shape index (κ1) is 12.0. The number of benzene rings is 2. The van der Waals surface area contributed by atoms with Crippen LogP contribution in [0.2, 0.25) is 0 Å². The van der Waals surface area contributed by atoms with Crippen LogP contribution in [-0.4, -0.2) is 4.98 Å². The molecule has 0 N–H and O–H groups in total. The Bertz CT molecular complexity index is 775. The predicted octanol–water partition coefficient (Wildman–Crippen LogP) is 4.72. The highest BCUT2D eigenvalue weighted by molar-refractivity contribution is 6.07. The number of aromatic nitrogens is 1. The molecule has 2 aromatic carbocycles. The van der Waals surface area contributed by atoms with Crippen molar-refractivity contribution in [1.82, 2.24) is 4.98 Å². The molecule has 0 spiro atoms. The van der Waals surface area contributed by atoms with Gasteiger partial charge in [-0.15, -0.1) is 0 Å². The van der Waals surface area contributed by atoms with Gasteiger partial charge in [0.15, 0.2) is 5.69 Å². The molecule has 1 aromatic heterocycles. The molecule has 0 aliphatic heterocycles. The fraction of sp³-hybridized carbons (Fsp3) is 0.133. The van der Waals surface area contributed by atoms with Gasteiger partial charge in [0.05, 0.1) is 5.52 Å². The zero-order valence-electron chi connectivity index (χ0n) is 10.1. The number of hydrogen-bond donors (Lipinski definition) is 0. The van der Waals surface area contributed by atoms with Gasteiger partial charge < -0.3 is 0 Å². The number of aryl methyl sites for hydroxylation is 1. The molecule has 0 atom stereocenters. The Morgan fingerprint density at radius 3 is 2.37 bits per heavy atom. The molecule has 0 saturated carbocycles. The van der Waals surface area contributed by atoms with E-state index in [0.717, 1.165) is 10.9 Å². The lowest BCUT2D eigenvalue weighted by Crippen LogP contribution is -2.09. The van der Waals surface area contributed by atoms with Crippen molar-refractivity contribution >= 4 is 21.7 Å². The number of para-hydroxylation sites is 1. The monoisotopic (exact) mass is 261 g/mol. The summed E-state index contributed by atoms with van der Waals surface area (Å²) in [6.07, 6.45) is -4.45. The molecule has 19 heavy (non-hydrogen) atoms. The van der Waals surface area contributed by atoms with Gasteiger partial charge in [-0.2, -0.15) is 13.2 Å². The maximum absolute atomic E-state index is 13.1. The number of nitrogens with zero attached hydrogens (tertiary/aromatic N) is 1. The summed E-state index contributed by atoms with van der Waals surface area (Å²) in [6.45, 7) is 1.86. The SMILES string of the molecule is Cc1ccc2c(C(F)(F)F)nc3ccccc3c2c1. The second kappa shape index (κ2) is 3.95. The van der Waals surface area contributed by atoms with Crippen LogP contribution in [0, 0.1) is 6.92 Å². The molecular formula is C15H10F3N. The fourth-order valence-electron chi connectivity index (χ4n) is 2.28. The van der Waals surface area contributed by atoms with E-state index in [-0.39, 0.29) is 5.39 Å². The molecule has 0 bridgehead atoms. The second-order valence-electron chi connectivity index (χ2n) is 4.52. The van der Waals surface area contributed by atoms with Crippen molar-refractivity contribution in [3.63, 3.8) is 0 Å². The molecular weight excluding hydrogens is 251 g/mol. The summed E-state index contributed by atoms with van der Waals surface area (Å²) in [5, 5.41) is 1.49. The highest BCUT2D eigenvalue weighted by Gasteiger charge is 2.35. The number of fused-ring (bicyclic) bond motifs is 3. The zero-order valence-corrected chi connectivity index (χ0v) is 10.1. The minimum absolute atomic E-state index is 0.150. The molecule has 0 amide bonds. The third-order valence-corrected chi connectivity index (χ3v) is 3.13. The molecule has 0 unspecified atom stereocenters. The summed E-state index contributed by atoms with van der Waals surface area (Å²) in [7, 11) is 0. The van der Waals surface area contributed by atoms with Crippen LogP contribution >= 0.6 is 0 Å². The molecule has 0 saturated heterocycles. The Morgan fingerprint density at radius 1 is 0.895 bits per heavy atom. The summed E-state index contributed by atoms with van der Waals surface area (Å²) >= 11 is 0. The Labute approximate surface area is 107 Å². The maximum Gasteiger partial charge on any atom is 0.433 e. The molecule has 1 nitrogen and oxygen atoms in total. The Kier molecular flexibility index (Phi) is 2.49. The lowest BCUT2D eigenvalue weighted by Gasteiger charge is -2.12. The fourth-order valence-corrected chi connectivity index (χ4v) is 2.28. The molecule has 96 valence electrons. The zero-order chi connectivity index (χ0) is 13.6. The molecule has 0 radical (unpaired) electrons. The van der Waals surface area contributed by atoms with E-state index in [2.05, 4.69) is 4.98 Å². The number of hydrogen-bond acceptors (Lipinski definition) is 1. The maximum atomic E-state index is 13.1. The van der Waals surface area contributed by atoms with Crippen molar-refractivity contribution in [2.75, 3.05) is 0 Å². The van der Waals surface area contributed by atoms with Gasteiger partial charge in [-0.25, -0.2) is 4.98 Å². The minimum atomic E-state index is -4.45. The molecule has 4 heteroatoms. The molecule has 1 heterocycles. The molecule has 0 aliphatic carbocycles. The average Bonchev–Trinajstić information content (AvgIpc) is 2.36. The molecule has 3 rings (SSSR count). The highest BCUT2D eigenvalue weighted by Crippen LogP contribution is 2.36. The summed E-state index contributed by atoms with van der Waals surface area (Å²) in [5.41, 5.74) is 0.478. The van der Waals surface area contributed by atoms with Gasteiger partial charge in [0, 0.05) is 10.8 Å². The van der Waals surface area contributed by atoms with Gasteiger partial charge in [-0.05, 0) is 18.4 Å². The third-order valence-electron chi connectivity index (χ3n) is 3.13. The number of rotatable bonds is 0. The van der Waals surface area contributed by atoms with Crippen LogP contribution in [0.4, 0.5) is 13.2 Å². The van der Waals surface area contributed by atoms with E-state index in [1.54, 1.807) is 36.4 Å². The van der Waals surface area contributed by atoms with Crippen LogP contribution in [0.3, 0.4) is 0 Å². The third kappa shape index (κ3) is 1.93. The number of halogens is 3. The summed E-state index contributed by atoms with van der Waals surface area (Å²) in [4.78, 5) is 3.78. The molecule has 0 aliphatic rings. The van der Waals surface area contributed by atoms with Gasteiger partial charge >= 0.3 is 6.18 Å². The van der Waals surface area contributed by atoms with E-state index in [0.29, 0.717) is 10.9 Å². The Balaban J connectivity index is 2.55. The first-order chi connectivity index (χ1) is 8.97. The Hall–Kier alpha value is -2.10. The standard InChI is InChI=1S/C15H10F3N/c1-9-6-7-11-12(8-9)10-4-2-3-5-13(10)19-14(11)15(16,17)18/h2-8H,1H3. The van der Waals surface area contributed by atoms with Crippen LogP contribution < -0.4 is 0 Å². The minimum Gasteiger partial charge on any atom is -0.243 e. The lowest BCUT2D eigenvalue weighted by atomic mass is 10.0. The Morgan fingerprint density at radius 2 is 1.63 bits per heavy atom. The van der Waals surface area contributed by atoms with Crippen LogP contribution in [0.25, 0.3) is 21.7 Å². The van der Waals surface area contributed by atoms with Crippen molar-refractivity contribution in [2.45, 2.75) is 13.1 Å². The van der Waals surface area contributed by atoms with E-state index < -0.39 is 11.9 Å². The molecule has 0 fully saturated rings. The van der Waals surface area contributed by atoms with Crippen LogP contribution in [0.5, 0.6) is 0 Å². The van der Waals surface area contributed by atoms with Gasteiger partial charge in [0.2, 0.25) is 0 Å². The number of pyridine rings is 1. The van der Waals surface area contributed by atoms with E-state index >= 15 is 0 Å². The summed E-state index contributed by atoms with van der Waals surface area (Å²) in [5.74, 6) is 0. The van der Waals surface area contributed by atoms with Crippen molar-refractivity contribution in [1.29, 1.82) is 0 Å². The van der Waals surface area contributed by atoms with Crippen molar-refractivity contribution in [2.24, 2.45) is 0 Å². The van der Waals surface area contributed by atoms with Gasteiger partial charge in [-0.3, -0.25) is 0 Å². The van der Waals surface area contributed by atoms with Gasteiger partial charge in [-0.1, -0.05) is 42.0 Å². The van der Waals surface area contributed by atoms with Gasteiger partial charge in [0.1, 0.15) is 0 Å². The van der Waals surface area contributed by atoms with E-state index in [1.807, 2.05) is 6.92 Å². The van der Waals surface area contributed by atoms with E-state index in [1.165, 1.54) is 6.07 Å². The van der Waals surface area contributed by atoms with Crippen LogP contribution in [0.15, 0.2) is 42.5 Å². The van der Waals surface area contributed by atoms with Crippen molar-refractivity contribution in [3.05, 3.63) is 53.7 Å². The summed E-state index contributed by atoms with van der Waals surface area (Å²) in [6, 6.07) is 11.8. The topological polar surface area (TPSA) is 12.9 Å². The van der Waals surface area contributed by atoms with Crippen molar-refractivity contribution in [3.8, 4) is 0 Å².